The lowest BCUT2D eigenvalue weighted by atomic mass is 9.99. The summed E-state index contributed by atoms with van der Waals surface area (Å²) in [6.07, 6.45) is 1.43. The average molecular weight is 585 g/mol. The number of benzene rings is 2. The summed E-state index contributed by atoms with van der Waals surface area (Å²) in [4.78, 5) is 36.7. The summed E-state index contributed by atoms with van der Waals surface area (Å²) < 4.78 is 11.7. The number of nitrogens with two attached hydrogens (primary N) is 1. The van der Waals surface area contributed by atoms with Crippen LogP contribution in [0.1, 0.15) is 45.2 Å². The number of fused-ring (bicyclic) bond motifs is 1. The van der Waals surface area contributed by atoms with Gasteiger partial charge in [0.1, 0.15) is 17.8 Å². The molecule has 0 aliphatic carbocycles. The number of Topliss-reactive ketones (excluding diaryl/α,β-unsaturated/α-hetero) is 1. The smallest absolute Gasteiger partial charge is 0.410 e. The molecule has 0 unspecified atom stereocenters. The third-order valence-electron chi connectivity index (χ3n) is 7.91. The third kappa shape index (κ3) is 6.83. The Balaban J connectivity index is 1.26. The number of pyridine rings is 1. The number of rotatable bonds is 6. The molecule has 10 heteroatoms. The van der Waals surface area contributed by atoms with Crippen molar-refractivity contribution < 1.29 is 19.1 Å². The number of carbonyl (C=O) groups excluding carboxylic acids is 2. The number of aromatic nitrogens is 1. The Morgan fingerprint density at radius 2 is 1.81 bits per heavy atom. The maximum atomic E-state index is 13.6. The van der Waals surface area contributed by atoms with E-state index in [4.69, 9.17) is 15.2 Å². The first-order chi connectivity index (χ1) is 20.5. The number of nitriles is 1. The molecule has 0 bridgehead atoms. The highest BCUT2D eigenvalue weighted by molar-refractivity contribution is 5.95. The van der Waals surface area contributed by atoms with E-state index in [0.717, 1.165) is 22.3 Å². The van der Waals surface area contributed by atoms with Gasteiger partial charge in [0, 0.05) is 67.8 Å². The number of ketones is 1. The van der Waals surface area contributed by atoms with Crippen molar-refractivity contribution in [2.75, 3.05) is 54.8 Å². The zero-order valence-electron chi connectivity index (χ0n) is 25.4. The van der Waals surface area contributed by atoms with Crippen molar-refractivity contribution >= 4 is 39.8 Å². The molecule has 10 nitrogen and oxygen atoms in total. The molecule has 2 saturated heterocycles. The maximum Gasteiger partial charge on any atom is 0.410 e. The average Bonchev–Trinajstić information content (AvgIpc) is 2.98. The molecule has 226 valence electrons. The zero-order valence-corrected chi connectivity index (χ0v) is 25.4. The van der Waals surface area contributed by atoms with E-state index in [2.05, 4.69) is 20.9 Å². The second-order valence-electron chi connectivity index (χ2n) is 12.2. The molecule has 2 N–H and O–H groups in total. The van der Waals surface area contributed by atoms with Crippen LogP contribution in [0.2, 0.25) is 0 Å². The second-order valence-corrected chi connectivity index (χ2v) is 12.2. The van der Waals surface area contributed by atoms with Gasteiger partial charge in [0.15, 0.2) is 5.78 Å². The molecule has 3 aromatic rings. The number of hydrogen-bond donors (Lipinski definition) is 1. The first kappa shape index (κ1) is 30.1. The quantitative estimate of drug-likeness (QED) is 0.416. The van der Waals surface area contributed by atoms with E-state index in [1.54, 1.807) is 17.2 Å². The second kappa shape index (κ2) is 12.5. The van der Waals surface area contributed by atoms with Crippen LogP contribution in [0.15, 0.2) is 48.7 Å². The Morgan fingerprint density at radius 3 is 2.53 bits per heavy atom. The Labute approximate surface area is 253 Å². The fraction of sp³-hybridized carbons (Fsp3) is 0.455. The number of piperazine rings is 1. The number of morpholine rings is 1. The lowest BCUT2D eigenvalue weighted by Crippen LogP contribution is -2.50. The Morgan fingerprint density at radius 1 is 1.05 bits per heavy atom. The van der Waals surface area contributed by atoms with E-state index in [1.165, 1.54) is 0 Å². The summed E-state index contributed by atoms with van der Waals surface area (Å²) in [6.45, 7) is 11.0. The van der Waals surface area contributed by atoms with Crippen LogP contribution >= 0.6 is 0 Å². The van der Waals surface area contributed by atoms with E-state index >= 15 is 0 Å². The van der Waals surface area contributed by atoms with Gasteiger partial charge in [-0.25, -0.2) is 4.79 Å². The summed E-state index contributed by atoms with van der Waals surface area (Å²) in [5, 5.41) is 10.4. The Hall–Kier alpha value is -4.36. The molecule has 2 aliphatic heterocycles. The Kier molecular flexibility index (Phi) is 8.74. The summed E-state index contributed by atoms with van der Waals surface area (Å²) in [5.74, 6) is 0.0246. The normalized spacial score (nSPS) is 19.3. The predicted octanol–water partition coefficient (Wildman–Crippen LogP) is 4.54. The lowest BCUT2D eigenvalue weighted by molar-refractivity contribution is -0.135. The van der Waals surface area contributed by atoms with Crippen LogP contribution in [-0.2, 0) is 20.7 Å². The van der Waals surface area contributed by atoms with Crippen LogP contribution < -0.4 is 15.5 Å². The number of nitrogens with zero attached hydrogens (tertiary/aromatic N) is 5. The van der Waals surface area contributed by atoms with E-state index in [0.29, 0.717) is 68.9 Å². The molecule has 3 heterocycles. The minimum Gasteiger partial charge on any atom is -0.444 e. The highest BCUT2D eigenvalue weighted by Gasteiger charge is 2.32. The van der Waals surface area contributed by atoms with Gasteiger partial charge < -0.3 is 29.9 Å². The minimum atomic E-state index is -0.586. The standard InChI is InChI=1S/C33H40N6O4/c1-22-20-39(28-12-10-23(19-34)31-25(28)7-6-14-36-31)21-30(42-22)29(40)13-11-24-26(35)8-5-9-27(24)37-15-17-38(18-16-37)32(41)43-33(2,3)4/h5-10,12,14,22,30H,11,13,15-18,20-21,35H2,1-4H3/t22-,30-/m1/s1. The summed E-state index contributed by atoms with van der Waals surface area (Å²) in [6, 6.07) is 15.6. The topological polar surface area (TPSA) is 125 Å². The van der Waals surface area contributed by atoms with Gasteiger partial charge in [0.25, 0.3) is 0 Å². The molecule has 2 atom stereocenters. The highest BCUT2D eigenvalue weighted by atomic mass is 16.6. The van der Waals surface area contributed by atoms with Gasteiger partial charge in [-0.1, -0.05) is 6.07 Å². The molecule has 2 fully saturated rings. The van der Waals surface area contributed by atoms with Gasteiger partial charge in [0.05, 0.1) is 23.7 Å². The molecule has 5 rings (SSSR count). The molecule has 0 saturated carbocycles. The van der Waals surface area contributed by atoms with Gasteiger partial charge >= 0.3 is 6.09 Å². The fourth-order valence-electron chi connectivity index (χ4n) is 5.88. The van der Waals surface area contributed by atoms with E-state index in [-0.39, 0.29) is 18.0 Å². The van der Waals surface area contributed by atoms with Crippen LogP contribution in [-0.4, -0.2) is 78.8 Å². The number of hydrogen-bond acceptors (Lipinski definition) is 9. The molecular formula is C33H40N6O4. The first-order valence-electron chi connectivity index (χ1n) is 14.8. The molecule has 2 aliphatic rings. The van der Waals surface area contributed by atoms with E-state index in [9.17, 15) is 14.9 Å². The molecule has 1 aromatic heterocycles. The molecule has 0 radical (unpaired) electrons. The van der Waals surface area contributed by atoms with Crippen LogP contribution in [0.5, 0.6) is 0 Å². The van der Waals surface area contributed by atoms with Gasteiger partial charge in [0.2, 0.25) is 0 Å². The summed E-state index contributed by atoms with van der Waals surface area (Å²) in [7, 11) is 0. The van der Waals surface area contributed by atoms with Crippen LogP contribution in [0.3, 0.4) is 0 Å². The zero-order chi connectivity index (χ0) is 30.7. The predicted molar refractivity (Wildman–Crippen MR) is 167 cm³/mol. The maximum absolute atomic E-state index is 13.6. The van der Waals surface area contributed by atoms with Gasteiger partial charge in [-0.2, -0.15) is 5.26 Å². The Bertz CT molecular complexity index is 1540. The summed E-state index contributed by atoms with van der Waals surface area (Å²) in [5.41, 5.74) is 10.6. The number of amides is 1. The number of carbonyl (C=O) groups is 2. The van der Waals surface area contributed by atoms with Gasteiger partial charge in [-0.3, -0.25) is 9.78 Å². The first-order valence-corrected chi connectivity index (χ1v) is 14.8. The monoisotopic (exact) mass is 584 g/mol. The lowest BCUT2D eigenvalue weighted by Gasteiger charge is -2.38. The van der Waals surface area contributed by atoms with E-state index < -0.39 is 11.7 Å². The SMILES string of the molecule is C[C@@H]1CN(c2ccc(C#N)c3ncccc23)C[C@H](C(=O)CCc2c(N)cccc2N2CCN(C(=O)OC(C)(C)C)CC2)O1. The number of ether oxygens (including phenoxy) is 2. The summed E-state index contributed by atoms with van der Waals surface area (Å²) >= 11 is 0. The molecular weight excluding hydrogens is 544 g/mol. The van der Waals surface area contributed by atoms with Crippen LogP contribution in [0.25, 0.3) is 10.9 Å². The van der Waals surface area contributed by atoms with Crippen molar-refractivity contribution in [2.45, 2.75) is 58.3 Å². The number of nitrogen functional groups attached to an aromatic ring is 1. The minimum absolute atomic E-state index is 0.0246. The fourth-order valence-corrected chi connectivity index (χ4v) is 5.88. The molecule has 43 heavy (non-hydrogen) atoms. The third-order valence-corrected chi connectivity index (χ3v) is 7.91. The van der Waals surface area contributed by atoms with Crippen molar-refractivity contribution in [3.05, 3.63) is 59.8 Å². The van der Waals surface area contributed by atoms with Crippen molar-refractivity contribution in [2.24, 2.45) is 0 Å². The largest absolute Gasteiger partial charge is 0.444 e. The van der Waals surface area contributed by atoms with Crippen molar-refractivity contribution in [1.29, 1.82) is 5.26 Å². The van der Waals surface area contributed by atoms with E-state index in [1.807, 2.05) is 64.1 Å². The number of anilines is 3. The van der Waals surface area contributed by atoms with Crippen LogP contribution in [0.4, 0.5) is 21.9 Å². The van der Waals surface area contributed by atoms with Gasteiger partial charge in [-0.15, -0.1) is 0 Å². The van der Waals surface area contributed by atoms with Crippen molar-refractivity contribution in [3.63, 3.8) is 0 Å². The van der Waals surface area contributed by atoms with Crippen molar-refractivity contribution in [3.8, 4) is 6.07 Å². The molecule has 2 aromatic carbocycles. The molecule has 0 spiro atoms. The van der Waals surface area contributed by atoms with Crippen molar-refractivity contribution in [1.82, 2.24) is 9.88 Å². The highest BCUT2D eigenvalue weighted by Crippen LogP contribution is 2.32. The van der Waals surface area contributed by atoms with Gasteiger partial charge in [-0.05, 0) is 76.1 Å². The van der Waals surface area contributed by atoms with Crippen LogP contribution in [0, 0.1) is 11.3 Å². The molecule has 1 amide bonds.